The molecule has 0 bridgehead atoms. The van der Waals surface area contributed by atoms with Crippen molar-refractivity contribution in [3.63, 3.8) is 0 Å². The van der Waals surface area contributed by atoms with E-state index in [4.69, 9.17) is 0 Å². The summed E-state index contributed by atoms with van der Waals surface area (Å²) in [5.41, 5.74) is -0.165. The molecular formula is C29H50O5. The van der Waals surface area contributed by atoms with Crippen molar-refractivity contribution in [3.8, 4) is 0 Å². The van der Waals surface area contributed by atoms with E-state index in [0.717, 1.165) is 32.1 Å². The Morgan fingerprint density at radius 2 is 1.59 bits per heavy atom. The molecule has 0 aromatic carbocycles. The summed E-state index contributed by atoms with van der Waals surface area (Å²) < 4.78 is 0. The average molecular weight is 479 g/mol. The van der Waals surface area contributed by atoms with Gasteiger partial charge in [0.2, 0.25) is 0 Å². The molecule has 13 atom stereocenters. The van der Waals surface area contributed by atoms with Crippen molar-refractivity contribution in [1.29, 1.82) is 0 Å². The average Bonchev–Trinajstić information content (AvgIpc) is 3.12. The summed E-state index contributed by atoms with van der Waals surface area (Å²) in [5, 5.41) is 43.1. The molecule has 5 nitrogen and oxygen atoms in total. The molecule has 0 heterocycles. The zero-order valence-corrected chi connectivity index (χ0v) is 22.3. The number of rotatable bonds is 6. The topological polar surface area (TPSA) is 98.0 Å². The van der Waals surface area contributed by atoms with E-state index in [-0.39, 0.29) is 34.4 Å². The Labute approximate surface area is 206 Å². The van der Waals surface area contributed by atoms with Crippen LogP contribution in [0.4, 0.5) is 0 Å². The Hall–Kier alpha value is -0.490. The van der Waals surface area contributed by atoms with Crippen LogP contribution in [0.25, 0.3) is 0 Å². The van der Waals surface area contributed by atoms with E-state index in [9.17, 15) is 25.2 Å². The lowest BCUT2D eigenvalue weighted by Gasteiger charge is -2.61. The second-order valence-electron chi connectivity index (χ2n) is 13.6. The highest BCUT2D eigenvalue weighted by Crippen LogP contribution is 2.67. The van der Waals surface area contributed by atoms with Crippen LogP contribution < -0.4 is 0 Å². The minimum atomic E-state index is -0.783. The van der Waals surface area contributed by atoms with Crippen molar-refractivity contribution in [2.24, 2.45) is 58.2 Å². The van der Waals surface area contributed by atoms with Gasteiger partial charge in [-0.3, -0.25) is 4.79 Å². The monoisotopic (exact) mass is 478 g/mol. The number of carbonyl (C=O) groups is 1. The van der Waals surface area contributed by atoms with Gasteiger partial charge in [0.15, 0.2) is 0 Å². The van der Waals surface area contributed by atoms with E-state index >= 15 is 0 Å². The lowest BCUT2D eigenvalue weighted by atomic mass is 9.44. The van der Waals surface area contributed by atoms with Gasteiger partial charge in [-0.1, -0.05) is 48.0 Å². The molecule has 0 aromatic heterocycles. The van der Waals surface area contributed by atoms with Crippen molar-refractivity contribution in [1.82, 2.24) is 0 Å². The van der Waals surface area contributed by atoms with Gasteiger partial charge in [0.1, 0.15) is 5.78 Å². The zero-order chi connectivity index (χ0) is 25.2. The quantitative estimate of drug-likeness (QED) is 0.459. The smallest absolute Gasteiger partial charge is 0.136 e. The fourth-order valence-corrected chi connectivity index (χ4v) is 9.89. The fourth-order valence-electron chi connectivity index (χ4n) is 9.89. The number of ketones is 1. The number of fused-ring (bicyclic) bond motifs is 5. The molecule has 0 aliphatic heterocycles. The van der Waals surface area contributed by atoms with Crippen LogP contribution in [0.3, 0.4) is 0 Å². The maximum absolute atomic E-state index is 13.4. The van der Waals surface area contributed by atoms with Crippen LogP contribution in [0.1, 0.15) is 92.9 Å². The second-order valence-corrected chi connectivity index (χ2v) is 13.6. The minimum absolute atomic E-state index is 0.0172. The van der Waals surface area contributed by atoms with Gasteiger partial charge >= 0.3 is 0 Å². The summed E-state index contributed by atoms with van der Waals surface area (Å²) in [6, 6.07) is 0. The highest BCUT2D eigenvalue weighted by molar-refractivity contribution is 5.83. The molecule has 0 aromatic rings. The Morgan fingerprint density at radius 3 is 2.21 bits per heavy atom. The van der Waals surface area contributed by atoms with Crippen molar-refractivity contribution in [2.75, 3.05) is 0 Å². The first kappa shape index (κ1) is 26.6. The molecular weight excluding hydrogens is 428 g/mol. The van der Waals surface area contributed by atoms with Crippen molar-refractivity contribution in [2.45, 2.75) is 117 Å². The molecule has 4 rings (SSSR count). The largest absolute Gasteiger partial charge is 0.390 e. The van der Waals surface area contributed by atoms with Gasteiger partial charge in [-0.25, -0.2) is 0 Å². The normalized spacial score (nSPS) is 48.0. The molecule has 4 N–H and O–H groups in total. The number of hydrogen-bond acceptors (Lipinski definition) is 5. The van der Waals surface area contributed by atoms with Crippen molar-refractivity contribution in [3.05, 3.63) is 0 Å². The molecule has 4 fully saturated rings. The van der Waals surface area contributed by atoms with Crippen LogP contribution in [0, 0.1) is 58.2 Å². The predicted octanol–water partition coefficient (Wildman–Crippen LogP) is 4.20. The highest BCUT2D eigenvalue weighted by Gasteiger charge is 2.63. The first-order valence-corrected chi connectivity index (χ1v) is 14.1. The third-order valence-electron chi connectivity index (χ3n) is 11.8. The SMILES string of the molecule is CC[C@@H](C(C)C)[C@H](O)[C@@H](O)[C@@H](C)[C@H]1CCC2C3CC(=O)C4C[C@H](O)[C@H](O)C[C@]4(C)C3CC[C@@]21C. The van der Waals surface area contributed by atoms with Crippen LogP contribution in [0.5, 0.6) is 0 Å². The third kappa shape index (κ3) is 4.01. The summed E-state index contributed by atoms with van der Waals surface area (Å²) in [5.74, 6) is 2.12. The van der Waals surface area contributed by atoms with E-state index in [2.05, 4.69) is 41.5 Å². The Morgan fingerprint density at radius 1 is 0.941 bits per heavy atom. The molecule has 4 saturated carbocycles. The van der Waals surface area contributed by atoms with Gasteiger partial charge in [0, 0.05) is 12.3 Å². The number of aliphatic hydroxyl groups is 4. The van der Waals surface area contributed by atoms with Gasteiger partial charge in [0.25, 0.3) is 0 Å². The van der Waals surface area contributed by atoms with E-state index in [1.54, 1.807) is 0 Å². The molecule has 4 aliphatic carbocycles. The lowest BCUT2D eigenvalue weighted by molar-refractivity contribution is -0.175. The van der Waals surface area contributed by atoms with E-state index in [0.29, 0.717) is 48.9 Å². The molecule has 5 heteroatoms. The van der Waals surface area contributed by atoms with Gasteiger partial charge in [-0.15, -0.1) is 0 Å². The van der Waals surface area contributed by atoms with Crippen molar-refractivity contribution >= 4 is 5.78 Å². The number of Topliss-reactive ketones (excluding diaryl/α,β-unsaturated/α-hetero) is 1. The van der Waals surface area contributed by atoms with Gasteiger partial charge < -0.3 is 20.4 Å². The molecule has 0 amide bonds. The summed E-state index contributed by atoms with van der Waals surface area (Å²) in [6.45, 7) is 13.1. The Bertz CT molecular complexity index is 753. The summed E-state index contributed by atoms with van der Waals surface area (Å²) in [4.78, 5) is 13.4. The standard InChI is InChI=1S/C29H50O5/c1-7-17(15(2)3)27(34)26(33)16(4)19-8-9-20-18-12-23(30)22-13-24(31)25(32)14-29(22,6)21(18)10-11-28(19,20)5/h15-22,24-27,31-34H,7-14H2,1-6H3/t16-,17-,18?,19+,20?,21?,22?,24-,25+,26-,27-,28+,29+/m0/s1. The predicted molar refractivity (Wildman–Crippen MR) is 133 cm³/mol. The van der Waals surface area contributed by atoms with Crippen LogP contribution in [0.2, 0.25) is 0 Å². The first-order chi connectivity index (χ1) is 15.9. The summed E-state index contributed by atoms with van der Waals surface area (Å²) in [6.07, 6.45) is 3.69. The molecule has 0 radical (unpaired) electrons. The third-order valence-corrected chi connectivity index (χ3v) is 11.8. The van der Waals surface area contributed by atoms with Gasteiger partial charge in [0.05, 0.1) is 24.4 Å². The number of hydrogen-bond donors (Lipinski definition) is 4. The summed E-state index contributed by atoms with van der Waals surface area (Å²) in [7, 11) is 0. The van der Waals surface area contributed by atoms with E-state index in [1.807, 2.05) is 0 Å². The van der Waals surface area contributed by atoms with E-state index in [1.165, 1.54) is 0 Å². The maximum Gasteiger partial charge on any atom is 0.136 e. The van der Waals surface area contributed by atoms with Gasteiger partial charge in [-0.2, -0.15) is 0 Å². The molecule has 34 heavy (non-hydrogen) atoms. The Kier molecular flexibility index (Phi) is 7.37. The molecule has 4 unspecified atom stereocenters. The fraction of sp³-hybridized carbons (Fsp3) is 0.966. The Balaban J connectivity index is 1.55. The second kappa shape index (κ2) is 9.43. The summed E-state index contributed by atoms with van der Waals surface area (Å²) >= 11 is 0. The molecule has 196 valence electrons. The number of aliphatic hydroxyl groups excluding tert-OH is 4. The number of carbonyl (C=O) groups excluding carboxylic acids is 1. The van der Waals surface area contributed by atoms with E-state index < -0.39 is 24.4 Å². The molecule has 4 aliphatic rings. The maximum atomic E-state index is 13.4. The van der Waals surface area contributed by atoms with Crippen molar-refractivity contribution < 1.29 is 25.2 Å². The van der Waals surface area contributed by atoms with Crippen LogP contribution >= 0.6 is 0 Å². The molecule has 0 saturated heterocycles. The highest BCUT2D eigenvalue weighted by atomic mass is 16.3. The van der Waals surface area contributed by atoms with Crippen LogP contribution in [-0.2, 0) is 4.79 Å². The lowest BCUT2D eigenvalue weighted by Crippen LogP contribution is -2.59. The molecule has 0 spiro atoms. The van der Waals surface area contributed by atoms with Crippen LogP contribution in [0.15, 0.2) is 0 Å². The first-order valence-electron chi connectivity index (χ1n) is 14.1. The van der Waals surface area contributed by atoms with Gasteiger partial charge in [-0.05, 0) is 90.8 Å². The van der Waals surface area contributed by atoms with Crippen LogP contribution in [-0.4, -0.2) is 50.6 Å². The minimum Gasteiger partial charge on any atom is -0.390 e. The zero-order valence-electron chi connectivity index (χ0n) is 22.3.